The molecular weight excluding hydrogens is 252 g/mol. The lowest BCUT2D eigenvalue weighted by atomic mass is 10.1. The van der Waals surface area contributed by atoms with Crippen LogP contribution in [-0.4, -0.2) is 27.3 Å². The molecule has 0 saturated heterocycles. The van der Waals surface area contributed by atoms with Crippen molar-refractivity contribution in [3.8, 4) is 22.5 Å². The zero-order valence-corrected chi connectivity index (χ0v) is 11.1. The zero-order chi connectivity index (χ0) is 13.8. The lowest BCUT2D eigenvalue weighted by molar-refractivity contribution is 0.181. The summed E-state index contributed by atoms with van der Waals surface area (Å²) in [5.74, 6) is 0. The van der Waals surface area contributed by atoms with Gasteiger partial charge >= 0.3 is 0 Å². The summed E-state index contributed by atoms with van der Waals surface area (Å²) in [4.78, 5) is 8.50. The number of hydrogen-bond acceptors (Lipinski definition) is 4. The van der Waals surface area contributed by atoms with Crippen LogP contribution in [0.5, 0.6) is 0 Å². The van der Waals surface area contributed by atoms with E-state index in [2.05, 4.69) is 26.2 Å². The van der Waals surface area contributed by atoms with Gasteiger partial charge < -0.3 is 4.74 Å². The van der Waals surface area contributed by atoms with E-state index in [4.69, 9.17) is 4.74 Å². The third-order valence-corrected chi connectivity index (χ3v) is 2.99. The average Bonchev–Trinajstić information content (AvgIpc) is 3.02. The summed E-state index contributed by atoms with van der Waals surface area (Å²) >= 11 is 0. The average molecular weight is 266 g/mol. The van der Waals surface area contributed by atoms with Gasteiger partial charge in [0.15, 0.2) is 0 Å². The van der Waals surface area contributed by atoms with Crippen LogP contribution in [-0.2, 0) is 11.3 Å². The Kier molecular flexibility index (Phi) is 3.52. The summed E-state index contributed by atoms with van der Waals surface area (Å²) in [5.41, 5.74) is 4.85. The number of H-pyrrole nitrogens is 1. The number of aromatic nitrogens is 4. The molecule has 0 radical (unpaired) electrons. The van der Waals surface area contributed by atoms with E-state index in [1.807, 2.05) is 30.3 Å². The van der Waals surface area contributed by atoms with Crippen LogP contribution in [0.4, 0.5) is 0 Å². The lowest BCUT2D eigenvalue weighted by Crippen LogP contribution is -1.94. The molecule has 5 heteroatoms. The van der Waals surface area contributed by atoms with Crippen LogP contribution >= 0.6 is 0 Å². The Labute approximate surface area is 116 Å². The molecule has 5 nitrogen and oxygen atoms in total. The molecular formula is C15H14N4O. The molecule has 1 aromatic carbocycles. The smallest absolute Gasteiger partial charge is 0.116 e. The van der Waals surface area contributed by atoms with Crippen molar-refractivity contribution in [3.05, 3.63) is 54.6 Å². The van der Waals surface area contributed by atoms with E-state index in [1.165, 1.54) is 0 Å². The topological polar surface area (TPSA) is 63.7 Å². The van der Waals surface area contributed by atoms with Crippen molar-refractivity contribution in [2.24, 2.45) is 0 Å². The predicted octanol–water partition coefficient (Wildman–Crippen LogP) is 2.68. The summed E-state index contributed by atoms with van der Waals surface area (Å²) in [6.07, 6.45) is 3.30. The van der Waals surface area contributed by atoms with Gasteiger partial charge in [-0.2, -0.15) is 5.10 Å². The lowest BCUT2D eigenvalue weighted by Gasteiger charge is -2.05. The Morgan fingerprint density at radius 1 is 1.10 bits per heavy atom. The van der Waals surface area contributed by atoms with Crippen LogP contribution in [0, 0.1) is 0 Å². The maximum Gasteiger partial charge on any atom is 0.116 e. The molecule has 3 aromatic rings. The van der Waals surface area contributed by atoms with Crippen molar-refractivity contribution >= 4 is 0 Å². The fraction of sp³-hybridized carbons (Fsp3) is 0.133. The predicted molar refractivity (Wildman–Crippen MR) is 75.8 cm³/mol. The van der Waals surface area contributed by atoms with Crippen molar-refractivity contribution in [1.29, 1.82) is 0 Å². The van der Waals surface area contributed by atoms with Crippen molar-refractivity contribution in [2.45, 2.75) is 6.61 Å². The third-order valence-electron chi connectivity index (χ3n) is 2.99. The van der Waals surface area contributed by atoms with E-state index in [0.29, 0.717) is 6.61 Å². The Hall–Kier alpha value is -2.53. The monoisotopic (exact) mass is 266 g/mol. The molecule has 20 heavy (non-hydrogen) atoms. The van der Waals surface area contributed by atoms with Crippen LogP contribution in [0.25, 0.3) is 22.5 Å². The maximum absolute atomic E-state index is 5.10. The number of methoxy groups -OCH3 is 1. The van der Waals surface area contributed by atoms with Gasteiger partial charge in [-0.15, -0.1) is 0 Å². The normalized spacial score (nSPS) is 10.7. The second-order valence-corrected chi connectivity index (χ2v) is 4.38. The Bertz CT molecular complexity index is 695. The molecule has 0 atom stereocenters. The number of ether oxygens (including phenoxy) is 1. The number of nitrogens with one attached hydrogen (secondary N) is 1. The first-order valence-corrected chi connectivity index (χ1v) is 6.27. The van der Waals surface area contributed by atoms with Crippen molar-refractivity contribution in [3.63, 3.8) is 0 Å². The van der Waals surface area contributed by atoms with Gasteiger partial charge in [0, 0.05) is 24.4 Å². The zero-order valence-electron chi connectivity index (χ0n) is 11.1. The van der Waals surface area contributed by atoms with E-state index < -0.39 is 0 Å². The molecule has 100 valence electrons. The van der Waals surface area contributed by atoms with Gasteiger partial charge in [-0.1, -0.05) is 18.2 Å². The van der Waals surface area contributed by atoms with Crippen molar-refractivity contribution < 1.29 is 4.74 Å². The number of aromatic amines is 1. The van der Waals surface area contributed by atoms with Gasteiger partial charge in [-0.3, -0.25) is 5.10 Å². The number of benzene rings is 1. The first kappa shape index (κ1) is 12.5. The molecule has 0 aliphatic heterocycles. The molecule has 3 rings (SSSR count). The molecule has 0 aliphatic rings. The van der Waals surface area contributed by atoms with Crippen LogP contribution in [0.3, 0.4) is 0 Å². The standard InChI is InChI=1S/C15H14N4O/c1-20-9-13-8-15(17-10-16-13)12-4-2-3-11(7-12)14-5-6-18-19-14/h2-8,10H,9H2,1H3,(H,18,19). The van der Waals surface area contributed by atoms with Gasteiger partial charge in [0.05, 0.1) is 23.7 Å². The minimum absolute atomic E-state index is 0.482. The Balaban J connectivity index is 1.98. The quantitative estimate of drug-likeness (QED) is 0.788. The van der Waals surface area contributed by atoms with E-state index in [0.717, 1.165) is 28.2 Å². The molecule has 0 fully saturated rings. The maximum atomic E-state index is 5.10. The fourth-order valence-corrected chi connectivity index (χ4v) is 2.04. The van der Waals surface area contributed by atoms with Gasteiger partial charge in [-0.25, -0.2) is 9.97 Å². The second-order valence-electron chi connectivity index (χ2n) is 4.38. The highest BCUT2D eigenvalue weighted by atomic mass is 16.5. The SMILES string of the molecule is COCc1cc(-c2cccc(-c3ccn[nH]3)c2)ncn1. The Morgan fingerprint density at radius 2 is 2.00 bits per heavy atom. The highest BCUT2D eigenvalue weighted by Crippen LogP contribution is 2.23. The molecule has 0 amide bonds. The van der Waals surface area contributed by atoms with Gasteiger partial charge in [0.1, 0.15) is 6.33 Å². The highest BCUT2D eigenvalue weighted by Gasteiger charge is 2.05. The molecule has 0 unspecified atom stereocenters. The molecule has 1 N–H and O–H groups in total. The molecule has 2 aromatic heterocycles. The van der Waals surface area contributed by atoms with Gasteiger partial charge in [-0.05, 0) is 18.2 Å². The minimum Gasteiger partial charge on any atom is -0.378 e. The molecule has 0 saturated carbocycles. The summed E-state index contributed by atoms with van der Waals surface area (Å²) < 4.78 is 5.10. The van der Waals surface area contributed by atoms with Crippen LogP contribution in [0.15, 0.2) is 48.9 Å². The summed E-state index contributed by atoms with van der Waals surface area (Å²) in [6, 6.07) is 12.0. The number of rotatable bonds is 4. The highest BCUT2D eigenvalue weighted by molar-refractivity contribution is 5.69. The minimum atomic E-state index is 0.482. The number of nitrogens with zero attached hydrogens (tertiary/aromatic N) is 3. The van der Waals surface area contributed by atoms with Crippen molar-refractivity contribution in [1.82, 2.24) is 20.2 Å². The fourth-order valence-electron chi connectivity index (χ4n) is 2.04. The first-order valence-electron chi connectivity index (χ1n) is 6.27. The van der Waals surface area contributed by atoms with E-state index in [-0.39, 0.29) is 0 Å². The van der Waals surface area contributed by atoms with E-state index >= 15 is 0 Å². The van der Waals surface area contributed by atoms with Gasteiger partial charge in [0.2, 0.25) is 0 Å². The molecule has 0 spiro atoms. The largest absolute Gasteiger partial charge is 0.378 e. The van der Waals surface area contributed by atoms with Crippen molar-refractivity contribution in [2.75, 3.05) is 7.11 Å². The molecule has 0 bridgehead atoms. The molecule has 2 heterocycles. The van der Waals surface area contributed by atoms with Crippen LogP contribution in [0.2, 0.25) is 0 Å². The van der Waals surface area contributed by atoms with Crippen LogP contribution in [0.1, 0.15) is 5.69 Å². The van der Waals surface area contributed by atoms with E-state index in [1.54, 1.807) is 19.6 Å². The molecule has 0 aliphatic carbocycles. The summed E-state index contributed by atoms with van der Waals surface area (Å²) in [6.45, 7) is 0.482. The summed E-state index contributed by atoms with van der Waals surface area (Å²) in [7, 11) is 1.65. The van der Waals surface area contributed by atoms with Gasteiger partial charge in [0.25, 0.3) is 0 Å². The summed E-state index contributed by atoms with van der Waals surface area (Å²) in [5, 5.41) is 6.93. The second kappa shape index (κ2) is 5.63. The first-order chi connectivity index (χ1) is 9.86. The number of hydrogen-bond donors (Lipinski definition) is 1. The van der Waals surface area contributed by atoms with E-state index in [9.17, 15) is 0 Å². The third kappa shape index (κ3) is 2.57. The Morgan fingerprint density at radius 3 is 2.80 bits per heavy atom. The van der Waals surface area contributed by atoms with Crippen LogP contribution < -0.4 is 0 Å².